The van der Waals surface area contributed by atoms with Gasteiger partial charge in [0.05, 0.1) is 19.3 Å². The molecular weight excluding hydrogens is 242 g/mol. The number of ether oxygens (including phenoxy) is 3. The first-order valence-electron chi connectivity index (χ1n) is 6.82. The van der Waals surface area contributed by atoms with Crippen LogP contribution < -0.4 is 15.2 Å². The Morgan fingerprint density at radius 1 is 1.42 bits per heavy atom. The van der Waals surface area contributed by atoms with Crippen LogP contribution in [0.4, 0.5) is 0 Å². The molecule has 1 aromatic carbocycles. The van der Waals surface area contributed by atoms with Gasteiger partial charge in [-0.2, -0.15) is 0 Å². The fourth-order valence-corrected chi connectivity index (χ4v) is 2.33. The van der Waals surface area contributed by atoms with Crippen LogP contribution in [0.15, 0.2) is 18.2 Å². The Balaban J connectivity index is 2.04. The van der Waals surface area contributed by atoms with Gasteiger partial charge in [-0.3, -0.25) is 0 Å². The summed E-state index contributed by atoms with van der Waals surface area (Å²) in [5.41, 5.74) is 6.95. The van der Waals surface area contributed by atoms with Crippen molar-refractivity contribution in [1.82, 2.24) is 0 Å². The molecule has 1 saturated heterocycles. The lowest BCUT2D eigenvalue weighted by molar-refractivity contribution is 0.0261. The quantitative estimate of drug-likeness (QED) is 0.889. The maximum atomic E-state index is 5.96. The van der Waals surface area contributed by atoms with E-state index in [1.54, 1.807) is 7.11 Å². The van der Waals surface area contributed by atoms with Gasteiger partial charge in [0, 0.05) is 17.7 Å². The number of nitrogens with two attached hydrogens (primary N) is 1. The van der Waals surface area contributed by atoms with Crippen molar-refractivity contribution in [1.29, 1.82) is 0 Å². The highest BCUT2D eigenvalue weighted by atomic mass is 16.5. The number of methoxy groups -OCH3 is 1. The van der Waals surface area contributed by atoms with Gasteiger partial charge in [0.1, 0.15) is 18.1 Å². The van der Waals surface area contributed by atoms with Crippen molar-refractivity contribution in [2.24, 2.45) is 5.73 Å². The minimum Gasteiger partial charge on any atom is -0.497 e. The molecule has 0 spiro atoms. The average molecular weight is 265 g/mol. The average Bonchev–Trinajstić information content (AvgIpc) is 2.81. The van der Waals surface area contributed by atoms with Gasteiger partial charge in [-0.1, -0.05) is 6.07 Å². The number of hydrogen-bond acceptors (Lipinski definition) is 4. The van der Waals surface area contributed by atoms with Crippen LogP contribution in [0.5, 0.6) is 11.5 Å². The third-order valence-corrected chi connectivity index (χ3v) is 3.46. The predicted molar refractivity (Wildman–Crippen MR) is 74.7 cm³/mol. The van der Waals surface area contributed by atoms with Gasteiger partial charge in [0.25, 0.3) is 0 Å². The predicted octanol–water partition coefficient (Wildman–Crippen LogP) is 2.66. The van der Waals surface area contributed by atoms with Gasteiger partial charge in [0.2, 0.25) is 0 Å². The first kappa shape index (κ1) is 14.2. The Morgan fingerprint density at radius 2 is 2.21 bits per heavy atom. The summed E-state index contributed by atoms with van der Waals surface area (Å²) in [5.74, 6) is 1.57. The van der Waals surface area contributed by atoms with Crippen molar-refractivity contribution < 1.29 is 14.2 Å². The molecular formula is C15H23NO3. The summed E-state index contributed by atoms with van der Waals surface area (Å²) in [6.07, 6.45) is 2.68. The number of hydrogen-bond donors (Lipinski definition) is 1. The van der Waals surface area contributed by atoms with Crippen molar-refractivity contribution in [2.45, 2.75) is 44.9 Å². The third kappa shape index (κ3) is 3.61. The van der Waals surface area contributed by atoms with Crippen LogP contribution in [0.3, 0.4) is 0 Å². The van der Waals surface area contributed by atoms with Gasteiger partial charge >= 0.3 is 0 Å². The molecule has 3 atom stereocenters. The van der Waals surface area contributed by atoms with Gasteiger partial charge in [0.15, 0.2) is 0 Å². The maximum absolute atomic E-state index is 5.96. The SMILES string of the molecule is COc1ccc([C@H](C)N)c(OCC2CCC(C)O2)c1. The van der Waals surface area contributed by atoms with Crippen molar-refractivity contribution >= 4 is 0 Å². The van der Waals surface area contributed by atoms with Crippen LogP contribution in [-0.2, 0) is 4.74 Å². The molecule has 2 rings (SSSR count). The minimum absolute atomic E-state index is 0.0654. The summed E-state index contributed by atoms with van der Waals surface area (Å²) in [6.45, 7) is 4.61. The second kappa shape index (κ2) is 6.26. The lowest BCUT2D eigenvalue weighted by atomic mass is 10.1. The van der Waals surface area contributed by atoms with E-state index in [-0.39, 0.29) is 12.1 Å². The molecule has 0 aromatic heterocycles. The largest absolute Gasteiger partial charge is 0.497 e. The van der Waals surface area contributed by atoms with E-state index in [9.17, 15) is 0 Å². The zero-order chi connectivity index (χ0) is 13.8. The zero-order valence-electron chi connectivity index (χ0n) is 11.9. The van der Waals surface area contributed by atoms with E-state index in [1.165, 1.54) is 0 Å². The van der Waals surface area contributed by atoms with Gasteiger partial charge in [-0.25, -0.2) is 0 Å². The molecule has 106 valence electrons. The van der Waals surface area contributed by atoms with E-state index in [1.807, 2.05) is 25.1 Å². The first-order chi connectivity index (χ1) is 9.10. The first-order valence-corrected chi connectivity index (χ1v) is 6.82. The Morgan fingerprint density at radius 3 is 2.79 bits per heavy atom. The van der Waals surface area contributed by atoms with Crippen LogP contribution in [-0.4, -0.2) is 25.9 Å². The van der Waals surface area contributed by atoms with E-state index >= 15 is 0 Å². The topological polar surface area (TPSA) is 53.7 Å². The number of rotatable bonds is 5. The van der Waals surface area contributed by atoms with Crippen LogP contribution in [0.1, 0.15) is 38.3 Å². The molecule has 19 heavy (non-hydrogen) atoms. The van der Waals surface area contributed by atoms with E-state index in [0.717, 1.165) is 29.9 Å². The molecule has 4 heteroatoms. The van der Waals surface area contributed by atoms with Crippen molar-refractivity contribution in [3.63, 3.8) is 0 Å². The van der Waals surface area contributed by atoms with Crippen molar-refractivity contribution in [2.75, 3.05) is 13.7 Å². The highest BCUT2D eigenvalue weighted by Crippen LogP contribution is 2.29. The summed E-state index contributed by atoms with van der Waals surface area (Å²) < 4.78 is 16.9. The smallest absolute Gasteiger partial charge is 0.127 e. The zero-order valence-corrected chi connectivity index (χ0v) is 11.9. The second-order valence-electron chi connectivity index (χ2n) is 5.15. The van der Waals surface area contributed by atoms with Crippen LogP contribution >= 0.6 is 0 Å². The van der Waals surface area contributed by atoms with Gasteiger partial charge in [-0.05, 0) is 32.8 Å². The van der Waals surface area contributed by atoms with Crippen LogP contribution in [0.2, 0.25) is 0 Å². The standard InChI is InChI=1S/C15H23NO3/c1-10-4-5-13(19-10)9-18-15-8-12(17-3)6-7-14(15)11(2)16/h6-8,10-11,13H,4-5,9,16H2,1-3H3/t10?,11-,13?/m0/s1. The summed E-state index contributed by atoms with van der Waals surface area (Å²) in [7, 11) is 1.65. The Bertz CT molecular complexity index is 420. The van der Waals surface area contributed by atoms with Crippen LogP contribution in [0, 0.1) is 0 Å². The van der Waals surface area contributed by atoms with E-state index in [0.29, 0.717) is 12.7 Å². The van der Waals surface area contributed by atoms with E-state index in [2.05, 4.69) is 6.92 Å². The summed E-state index contributed by atoms with van der Waals surface area (Å²) in [4.78, 5) is 0. The minimum atomic E-state index is -0.0654. The molecule has 0 bridgehead atoms. The lowest BCUT2D eigenvalue weighted by Crippen LogP contribution is -2.19. The molecule has 1 aliphatic heterocycles. The third-order valence-electron chi connectivity index (χ3n) is 3.46. The maximum Gasteiger partial charge on any atom is 0.127 e. The number of benzene rings is 1. The fourth-order valence-electron chi connectivity index (χ4n) is 2.33. The molecule has 1 heterocycles. The van der Waals surface area contributed by atoms with Crippen LogP contribution in [0.25, 0.3) is 0 Å². The van der Waals surface area contributed by atoms with Gasteiger partial charge in [-0.15, -0.1) is 0 Å². The molecule has 1 fully saturated rings. The van der Waals surface area contributed by atoms with Gasteiger partial charge < -0.3 is 19.9 Å². The molecule has 0 saturated carbocycles. The van der Waals surface area contributed by atoms with E-state index in [4.69, 9.17) is 19.9 Å². The summed E-state index contributed by atoms with van der Waals surface area (Å²) in [5, 5.41) is 0. The molecule has 0 amide bonds. The molecule has 4 nitrogen and oxygen atoms in total. The van der Waals surface area contributed by atoms with E-state index < -0.39 is 0 Å². The second-order valence-corrected chi connectivity index (χ2v) is 5.15. The van der Waals surface area contributed by atoms with Crippen molar-refractivity contribution in [3.8, 4) is 11.5 Å². The van der Waals surface area contributed by atoms with Crippen molar-refractivity contribution in [3.05, 3.63) is 23.8 Å². The Labute approximate surface area is 114 Å². The monoisotopic (exact) mass is 265 g/mol. The lowest BCUT2D eigenvalue weighted by Gasteiger charge is -2.17. The highest BCUT2D eigenvalue weighted by molar-refractivity contribution is 5.42. The molecule has 2 N–H and O–H groups in total. The molecule has 0 aliphatic carbocycles. The molecule has 1 aliphatic rings. The summed E-state index contributed by atoms with van der Waals surface area (Å²) in [6, 6.07) is 5.68. The normalized spacial score (nSPS) is 24.2. The molecule has 2 unspecified atom stereocenters. The summed E-state index contributed by atoms with van der Waals surface area (Å²) >= 11 is 0. The Hall–Kier alpha value is -1.26. The molecule has 0 radical (unpaired) electrons. The molecule has 1 aromatic rings. The highest BCUT2D eigenvalue weighted by Gasteiger charge is 2.22. The fraction of sp³-hybridized carbons (Fsp3) is 0.600. The Kier molecular flexibility index (Phi) is 4.66.